The first kappa shape index (κ1) is 42.8. The molecule has 0 aromatic rings. The number of hydrogen-bond donors (Lipinski definition) is 14. The van der Waals surface area contributed by atoms with Crippen LogP contribution in [0.5, 0.6) is 0 Å². The van der Waals surface area contributed by atoms with Gasteiger partial charge in [-0.2, -0.15) is 12.6 Å². The average molecular weight is 715 g/mol. The van der Waals surface area contributed by atoms with Gasteiger partial charge in [-0.25, -0.2) is 9.52 Å². The van der Waals surface area contributed by atoms with Gasteiger partial charge < -0.3 is 63.2 Å². The second-order valence-corrected chi connectivity index (χ2v) is 10.5. The summed E-state index contributed by atoms with van der Waals surface area (Å²) in [5.41, 5.74) is 5.34. The van der Waals surface area contributed by atoms with E-state index in [1.54, 1.807) is 0 Å². The summed E-state index contributed by atoms with van der Waals surface area (Å²) in [7, 11) is 0. The lowest BCUT2D eigenvalue weighted by molar-refractivity contribution is -0.141. The summed E-state index contributed by atoms with van der Waals surface area (Å²) in [6.07, 6.45) is -0.640. The van der Waals surface area contributed by atoms with Crippen LogP contribution in [0.2, 0.25) is 0 Å². The van der Waals surface area contributed by atoms with Crippen LogP contribution in [0.15, 0.2) is 0 Å². The van der Waals surface area contributed by atoms with Crippen LogP contribution in [0.3, 0.4) is 0 Å². The highest BCUT2D eigenvalue weighted by molar-refractivity contribution is 7.97. The van der Waals surface area contributed by atoms with Crippen molar-refractivity contribution in [2.45, 2.75) is 43.1 Å². The van der Waals surface area contributed by atoms with Gasteiger partial charge in [0, 0.05) is 17.9 Å². The van der Waals surface area contributed by atoms with Crippen molar-refractivity contribution >= 4 is 77.9 Å². The van der Waals surface area contributed by atoms with E-state index < -0.39 is 116 Å². The standard InChI is InChI=1S/C23H38N8O14S2/c24-10(22(42)43)1-2-15(34)30-14(21(41)27-5-18(37)38)9-47-31-12(7-33)20(40)26-3-16(35)28-11(6-32)19(39)25-4-17(36)29-13(8-46)23(44)45/h10-14,31-33,46H,1-9,24H2,(H,25,39)(H,26,40)(H,27,41)(H,28,35)(H,29,36)(H,30,34)(H,37,38)(H,42,43)(H,44,45). The third-order valence-electron chi connectivity index (χ3n) is 5.54. The molecule has 0 aliphatic carbocycles. The molecule has 0 saturated heterocycles. The first-order valence-electron chi connectivity index (χ1n) is 13.4. The van der Waals surface area contributed by atoms with E-state index in [1.165, 1.54) is 0 Å². The zero-order valence-corrected chi connectivity index (χ0v) is 26.3. The smallest absolute Gasteiger partial charge is 0.327 e. The first-order chi connectivity index (χ1) is 22.1. The largest absolute Gasteiger partial charge is 0.480 e. The number of hydrogen-bond acceptors (Lipinski definition) is 15. The van der Waals surface area contributed by atoms with Gasteiger partial charge in [0.25, 0.3) is 0 Å². The molecule has 0 aliphatic heterocycles. The van der Waals surface area contributed by atoms with Crippen molar-refractivity contribution in [1.29, 1.82) is 0 Å². The summed E-state index contributed by atoms with van der Waals surface area (Å²) in [6, 6.07) is -6.98. The topological polar surface area (TPSA) is 365 Å². The maximum atomic E-state index is 12.5. The number of carboxylic acid groups (broad SMARTS) is 3. The molecular weight excluding hydrogens is 676 g/mol. The molecule has 14 N–H and O–H groups in total. The normalized spacial score (nSPS) is 13.8. The van der Waals surface area contributed by atoms with Crippen LogP contribution < -0.4 is 42.4 Å². The van der Waals surface area contributed by atoms with Crippen LogP contribution in [0.4, 0.5) is 0 Å². The van der Waals surface area contributed by atoms with Crippen LogP contribution in [0.1, 0.15) is 12.8 Å². The second kappa shape index (κ2) is 23.1. The summed E-state index contributed by atoms with van der Waals surface area (Å²) < 4.78 is 2.50. The average Bonchev–Trinajstić information content (AvgIpc) is 3.02. The molecule has 5 atom stereocenters. The minimum atomic E-state index is -1.56. The molecule has 0 fully saturated rings. The van der Waals surface area contributed by atoms with Gasteiger partial charge in [0.05, 0.1) is 26.3 Å². The Balaban J connectivity index is 4.95. The van der Waals surface area contributed by atoms with Gasteiger partial charge in [-0.3, -0.25) is 38.4 Å². The number of nitrogens with one attached hydrogen (secondary N) is 7. The molecule has 0 rings (SSSR count). The molecule has 5 unspecified atom stereocenters. The molecule has 0 aliphatic rings. The molecule has 6 amide bonds. The Kier molecular flexibility index (Phi) is 21.1. The van der Waals surface area contributed by atoms with Crippen molar-refractivity contribution in [3.05, 3.63) is 0 Å². The minimum Gasteiger partial charge on any atom is -0.480 e. The first-order valence-corrected chi connectivity index (χ1v) is 15.0. The van der Waals surface area contributed by atoms with Crippen molar-refractivity contribution in [3.8, 4) is 0 Å². The molecular formula is C23H38N8O14S2. The van der Waals surface area contributed by atoms with Gasteiger partial charge in [0.15, 0.2) is 0 Å². The number of aliphatic hydroxyl groups excluding tert-OH is 2. The van der Waals surface area contributed by atoms with Crippen LogP contribution in [-0.2, 0) is 43.2 Å². The van der Waals surface area contributed by atoms with Crippen LogP contribution >= 0.6 is 24.6 Å². The number of aliphatic hydroxyl groups is 2. The van der Waals surface area contributed by atoms with E-state index in [4.69, 9.17) is 21.1 Å². The van der Waals surface area contributed by atoms with Crippen molar-refractivity contribution in [3.63, 3.8) is 0 Å². The molecule has 22 nitrogen and oxygen atoms in total. The van der Waals surface area contributed by atoms with Crippen molar-refractivity contribution < 1.29 is 68.7 Å². The molecule has 0 radical (unpaired) electrons. The molecule has 0 saturated carbocycles. The number of carbonyl (C=O) groups excluding carboxylic acids is 6. The molecule has 0 heterocycles. The highest BCUT2D eigenvalue weighted by Gasteiger charge is 2.26. The van der Waals surface area contributed by atoms with Gasteiger partial charge in [-0.15, -0.1) is 0 Å². The number of rotatable bonds is 24. The summed E-state index contributed by atoms with van der Waals surface area (Å²) in [5.74, 6) is -10.1. The van der Waals surface area contributed by atoms with E-state index in [0.29, 0.717) is 11.9 Å². The number of aliphatic carboxylic acids is 3. The van der Waals surface area contributed by atoms with Crippen molar-refractivity contribution in [2.24, 2.45) is 5.73 Å². The highest BCUT2D eigenvalue weighted by Crippen LogP contribution is 2.04. The van der Waals surface area contributed by atoms with Crippen LogP contribution in [0.25, 0.3) is 0 Å². The Labute approximate surface area is 276 Å². The van der Waals surface area contributed by atoms with Crippen LogP contribution in [0, 0.1) is 0 Å². The molecule has 0 aromatic carbocycles. The Bertz CT molecular complexity index is 1150. The monoisotopic (exact) mass is 714 g/mol. The fourth-order valence-electron chi connectivity index (χ4n) is 3.00. The predicted molar refractivity (Wildman–Crippen MR) is 162 cm³/mol. The maximum absolute atomic E-state index is 12.5. The zero-order valence-electron chi connectivity index (χ0n) is 24.6. The van der Waals surface area contributed by atoms with Crippen molar-refractivity contribution in [2.75, 3.05) is 44.4 Å². The predicted octanol–water partition coefficient (Wildman–Crippen LogP) is -7.33. The Morgan fingerprint density at radius 2 is 1.11 bits per heavy atom. The van der Waals surface area contributed by atoms with Gasteiger partial charge in [0.2, 0.25) is 35.4 Å². The molecule has 47 heavy (non-hydrogen) atoms. The van der Waals surface area contributed by atoms with Crippen LogP contribution in [-0.4, -0.2) is 153 Å². The summed E-state index contributed by atoms with van der Waals surface area (Å²) >= 11 is 4.43. The second-order valence-electron chi connectivity index (χ2n) is 9.26. The maximum Gasteiger partial charge on any atom is 0.327 e. The van der Waals surface area contributed by atoms with Crippen molar-refractivity contribution in [1.82, 2.24) is 36.6 Å². The van der Waals surface area contributed by atoms with E-state index >= 15 is 0 Å². The molecule has 266 valence electrons. The molecule has 0 aromatic heterocycles. The van der Waals surface area contributed by atoms with Gasteiger partial charge in [-0.05, 0) is 6.42 Å². The zero-order chi connectivity index (χ0) is 36.1. The number of carbonyl (C=O) groups is 9. The lowest BCUT2D eigenvalue weighted by atomic mass is 10.1. The van der Waals surface area contributed by atoms with Gasteiger partial charge >= 0.3 is 17.9 Å². The number of amides is 6. The Morgan fingerprint density at radius 1 is 0.638 bits per heavy atom. The van der Waals surface area contributed by atoms with E-state index in [-0.39, 0.29) is 24.3 Å². The van der Waals surface area contributed by atoms with Gasteiger partial charge in [-0.1, -0.05) is 11.9 Å². The minimum absolute atomic E-state index is 0.223. The third kappa shape index (κ3) is 18.5. The summed E-state index contributed by atoms with van der Waals surface area (Å²) in [4.78, 5) is 106. The SMILES string of the molecule is NC(CCC(=O)NC(CSNC(CO)C(=O)NCC(=O)NC(CO)C(=O)NCC(=O)NC(CS)C(=O)O)C(=O)NCC(=O)O)C(=O)O. The van der Waals surface area contributed by atoms with E-state index in [1.807, 2.05) is 0 Å². The summed E-state index contributed by atoms with van der Waals surface area (Å²) in [6.45, 7) is -3.96. The quantitative estimate of drug-likeness (QED) is 0.0326. The fourth-order valence-corrected chi connectivity index (χ4v) is 4.13. The highest BCUT2D eigenvalue weighted by atomic mass is 32.2. The lowest BCUT2D eigenvalue weighted by Crippen LogP contribution is -2.54. The van der Waals surface area contributed by atoms with Gasteiger partial charge in [0.1, 0.15) is 36.8 Å². The molecule has 0 bridgehead atoms. The van der Waals surface area contributed by atoms with E-state index in [2.05, 4.69) is 49.3 Å². The third-order valence-corrected chi connectivity index (χ3v) is 6.85. The number of thiol groups is 1. The van der Waals surface area contributed by atoms with E-state index in [0.717, 1.165) is 0 Å². The summed E-state index contributed by atoms with van der Waals surface area (Å²) in [5, 5.41) is 58.3. The Morgan fingerprint density at radius 3 is 1.57 bits per heavy atom. The lowest BCUT2D eigenvalue weighted by Gasteiger charge is -2.20. The Hall–Kier alpha value is -4.23. The number of carboxylic acids is 3. The number of nitrogens with two attached hydrogens (primary N) is 1. The molecule has 24 heteroatoms. The van der Waals surface area contributed by atoms with E-state index in [9.17, 15) is 53.4 Å². The fraction of sp³-hybridized carbons (Fsp3) is 0.609. The molecule has 0 spiro atoms.